The van der Waals surface area contributed by atoms with E-state index in [0.717, 1.165) is 12.1 Å². The van der Waals surface area contributed by atoms with Crippen molar-refractivity contribution in [2.45, 2.75) is 23.5 Å². The first-order valence-corrected chi connectivity index (χ1v) is 7.78. The number of rotatable bonds is 5. The second kappa shape index (κ2) is 6.24. The van der Waals surface area contributed by atoms with Gasteiger partial charge in [0, 0.05) is 6.07 Å². The Morgan fingerprint density at radius 3 is 2.43 bits per heavy atom. The number of sulfonamides is 1. The third-order valence-corrected chi connectivity index (χ3v) is 4.36. The number of nitrogens with one attached hydrogen (secondary N) is 1. The van der Waals surface area contributed by atoms with E-state index in [2.05, 4.69) is 0 Å². The highest BCUT2D eigenvalue weighted by Gasteiger charge is 2.43. The number of halogens is 3. The highest BCUT2D eigenvalue weighted by molar-refractivity contribution is 7.89. The van der Waals surface area contributed by atoms with Gasteiger partial charge in [-0.3, -0.25) is 4.79 Å². The van der Waals surface area contributed by atoms with Crippen molar-refractivity contribution in [3.05, 3.63) is 18.2 Å². The van der Waals surface area contributed by atoms with Crippen LogP contribution in [-0.2, 0) is 14.8 Å². The van der Waals surface area contributed by atoms with Gasteiger partial charge in [-0.25, -0.2) is 8.42 Å². The van der Waals surface area contributed by atoms with Crippen LogP contribution in [0.2, 0.25) is 0 Å². The summed E-state index contributed by atoms with van der Waals surface area (Å²) < 4.78 is 74.1. The van der Waals surface area contributed by atoms with E-state index in [1.165, 1.54) is 10.8 Å². The second-order valence-corrected chi connectivity index (χ2v) is 6.33. The van der Waals surface area contributed by atoms with Crippen LogP contribution in [0.4, 0.5) is 13.2 Å². The summed E-state index contributed by atoms with van der Waals surface area (Å²) in [6.07, 6.45) is -6.47. The molecule has 0 bridgehead atoms. The van der Waals surface area contributed by atoms with Crippen LogP contribution in [0.1, 0.15) is 6.42 Å². The first-order valence-electron chi connectivity index (χ1n) is 6.30. The van der Waals surface area contributed by atoms with E-state index in [1.807, 2.05) is 0 Å². The van der Waals surface area contributed by atoms with E-state index in [1.54, 1.807) is 0 Å². The average Bonchev–Trinajstić information content (AvgIpc) is 2.44. The number of alkyl halides is 3. The molecule has 0 saturated carbocycles. The van der Waals surface area contributed by atoms with Crippen LogP contribution in [0, 0.1) is 0 Å². The summed E-state index contributed by atoms with van der Waals surface area (Å²) >= 11 is 0. The molecule has 0 radical (unpaired) electrons. The van der Waals surface area contributed by atoms with Gasteiger partial charge in [0.05, 0.1) is 11.3 Å². The lowest BCUT2D eigenvalue weighted by molar-refractivity contribution is -0.163. The number of ether oxygens (including phenoxy) is 2. The van der Waals surface area contributed by atoms with E-state index in [4.69, 9.17) is 14.6 Å². The predicted octanol–water partition coefficient (Wildman–Crippen LogP) is 1.14. The van der Waals surface area contributed by atoms with Crippen LogP contribution >= 0.6 is 0 Å². The van der Waals surface area contributed by atoms with Gasteiger partial charge in [-0.2, -0.15) is 17.9 Å². The third kappa shape index (κ3) is 4.26. The van der Waals surface area contributed by atoms with E-state index < -0.39 is 39.5 Å². The minimum atomic E-state index is -5.04. The number of hydrogen-bond acceptors (Lipinski definition) is 5. The molecule has 1 atom stereocenters. The topological polar surface area (TPSA) is 102 Å². The van der Waals surface area contributed by atoms with Gasteiger partial charge in [0.2, 0.25) is 10.0 Å². The van der Waals surface area contributed by atoms with Gasteiger partial charge in [0.1, 0.15) is 19.3 Å². The molecule has 0 spiro atoms. The fourth-order valence-corrected chi connectivity index (χ4v) is 3.08. The van der Waals surface area contributed by atoms with Crippen LogP contribution in [0.5, 0.6) is 11.5 Å². The Hall–Kier alpha value is -2.01. The molecule has 128 valence electrons. The zero-order valence-electron chi connectivity index (χ0n) is 11.5. The maximum atomic E-state index is 12.8. The van der Waals surface area contributed by atoms with E-state index in [0.29, 0.717) is 0 Å². The normalized spacial score (nSPS) is 16.0. The Morgan fingerprint density at radius 1 is 1.26 bits per heavy atom. The molecule has 2 rings (SSSR count). The Kier molecular flexibility index (Phi) is 4.71. The van der Waals surface area contributed by atoms with Crippen molar-refractivity contribution in [1.29, 1.82) is 0 Å². The summed E-state index contributed by atoms with van der Waals surface area (Å²) in [5.74, 6) is -1.42. The van der Waals surface area contributed by atoms with Crippen LogP contribution in [0.3, 0.4) is 0 Å². The largest absolute Gasteiger partial charge is 0.486 e. The molecule has 1 aliphatic rings. The number of carboxylic acid groups (broad SMARTS) is 1. The molecule has 2 N–H and O–H groups in total. The van der Waals surface area contributed by atoms with Crippen molar-refractivity contribution in [2.24, 2.45) is 0 Å². The Labute approximate surface area is 129 Å². The molecular weight excluding hydrogens is 343 g/mol. The Morgan fingerprint density at radius 2 is 1.87 bits per heavy atom. The summed E-state index contributed by atoms with van der Waals surface area (Å²) in [4.78, 5) is 10.0. The lowest BCUT2D eigenvalue weighted by atomic mass is 10.2. The standard InChI is InChI=1S/C12H12F3NO6S/c13-12(14,15)10(6-11(17)18)16-23(19,20)7-1-2-8-9(5-7)22-4-3-21-8/h1-2,5,10,16H,3-4,6H2,(H,17,18)/t10-/m1/s1. The SMILES string of the molecule is O=C(O)C[C@@H](NS(=O)(=O)c1ccc2c(c1)OCCO2)C(F)(F)F. The molecule has 1 aromatic carbocycles. The third-order valence-electron chi connectivity index (χ3n) is 2.90. The molecule has 23 heavy (non-hydrogen) atoms. The first-order chi connectivity index (χ1) is 10.6. The van der Waals surface area contributed by atoms with Gasteiger partial charge >= 0.3 is 12.1 Å². The minimum absolute atomic E-state index is 0.0842. The quantitative estimate of drug-likeness (QED) is 0.821. The molecule has 7 nitrogen and oxygen atoms in total. The molecule has 11 heteroatoms. The summed E-state index contributed by atoms with van der Waals surface area (Å²) in [6.45, 7) is 0.445. The molecule has 1 heterocycles. The van der Waals surface area contributed by atoms with Gasteiger partial charge in [0.25, 0.3) is 0 Å². The fourth-order valence-electron chi connectivity index (χ4n) is 1.84. The molecule has 0 saturated heterocycles. The fraction of sp³-hybridized carbons (Fsp3) is 0.417. The Bertz CT molecular complexity index is 703. The van der Waals surface area contributed by atoms with Gasteiger partial charge in [-0.05, 0) is 12.1 Å². The number of aliphatic carboxylic acids is 1. The summed E-state index contributed by atoms with van der Waals surface area (Å²) in [6, 6.07) is 0.580. The molecule has 0 amide bonds. The average molecular weight is 355 g/mol. The van der Waals surface area contributed by atoms with E-state index >= 15 is 0 Å². The van der Waals surface area contributed by atoms with Crippen molar-refractivity contribution in [3.63, 3.8) is 0 Å². The lowest BCUT2D eigenvalue weighted by Crippen LogP contribution is -2.46. The van der Waals surface area contributed by atoms with E-state index in [9.17, 15) is 26.4 Å². The maximum absolute atomic E-state index is 12.8. The van der Waals surface area contributed by atoms with Crippen LogP contribution in [-0.4, -0.2) is 44.9 Å². The van der Waals surface area contributed by atoms with Crippen molar-refractivity contribution >= 4 is 16.0 Å². The van der Waals surface area contributed by atoms with Gasteiger partial charge in [-0.15, -0.1) is 0 Å². The molecule has 0 unspecified atom stereocenters. The van der Waals surface area contributed by atoms with Gasteiger partial charge < -0.3 is 14.6 Å². The molecule has 0 fully saturated rings. The van der Waals surface area contributed by atoms with Crippen molar-refractivity contribution < 1.29 is 41.0 Å². The number of benzene rings is 1. The van der Waals surface area contributed by atoms with E-state index in [-0.39, 0.29) is 24.7 Å². The number of carboxylic acids is 1. The monoisotopic (exact) mass is 355 g/mol. The molecular formula is C12H12F3NO6S. The highest BCUT2D eigenvalue weighted by atomic mass is 32.2. The van der Waals surface area contributed by atoms with Gasteiger partial charge in [0.15, 0.2) is 11.5 Å². The zero-order chi connectivity index (χ0) is 17.3. The maximum Gasteiger partial charge on any atom is 0.405 e. The van der Waals surface area contributed by atoms with Crippen LogP contribution < -0.4 is 14.2 Å². The van der Waals surface area contributed by atoms with Crippen molar-refractivity contribution in [3.8, 4) is 11.5 Å². The Balaban J connectivity index is 2.28. The predicted molar refractivity (Wildman–Crippen MR) is 69.8 cm³/mol. The highest BCUT2D eigenvalue weighted by Crippen LogP contribution is 2.33. The van der Waals surface area contributed by atoms with Crippen LogP contribution in [0.25, 0.3) is 0 Å². The van der Waals surface area contributed by atoms with Crippen molar-refractivity contribution in [1.82, 2.24) is 4.72 Å². The first kappa shape index (κ1) is 17.3. The van der Waals surface area contributed by atoms with Crippen molar-refractivity contribution in [2.75, 3.05) is 13.2 Å². The molecule has 1 aromatic rings. The van der Waals surface area contributed by atoms with Crippen LogP contribution in [0.15, 0.2) is 23.1 Å². The smallest absolute Gasteiger partial charge is 0.405 e. The summed E-state index contributed by atoms with van der Waals surface area (Å²) in [7, 11) is -4.59. The van der Waals surface area contributed by atoms with Gasteiger partial charge in [-0.1, -0.05) is 0 Å². The number of hydrogen-bond donors (Lipinski definition) is 2. The molecule has 0 aromatic heterocycles. The molecule has 1 aliphatic heterocycles. The number of fused-ring (bicyclic) bond motifs is 1. The zero-order valence-corrected chi connectivity index (χ0v) is 12.3. The second-order valence-electron chi connectivity index (χ2n) is 4.62. The number of carbonyl (C=O) groups is 1. The summed E-state index contributed by atoms with van der Waals surface area (Å²) in [5.41, 5.74) is 0. The summed E-state index contributed by atoms with van der Waals surface area (Å²) in [5, 5.41) is 8.50. The minimum Gasteiger partial charge on any atom is -0.486 e. The lowest BCUT2D eigenvalue weighted by Gasteiger charge is -2.21. The molecule has 0 aliphatic carbocycles.